The fraction of sp³-hybridized carbons (Fsp3) is 0.222. The van der Waals surface area contributed by atoms with Crippen LogP contribution < -0.4 is 15.5 Å². The average molecular weight is 415 g/mol. The maximum atomic E-state index is 12.4. The normalized spacial score (nSPS) is 13.0. The van der Waals surface area contributed by atoms with Gasteiger partial charge in [0.05, 0.1) is 32.9 Å². The van der Waals surface area contributed by atoms with Gasteiger partial charge in [-0.05, 0) is 37.2 Å². The first kappa shape index (κ1) is 20.1. The lowest BCUT2D eigenvalue weighted by Crippen LogP contribution is -2.34. The predicted molar refractivity (Wildman–Crippen MR) is 111 cm³/mol. The van der Waals surface area contributed by atoms with E-state index in [0.717, 1.165) is 49.8 Å². The number of carbonyl (C=O) groups is 1. The summed E-state index contributed by atoms with van der Waals surface area (Å²) in [5.41, 5.74) is 0.324. The summed E-state index contributed by atoms with van der Waals surface area (Å²) in [7, 11) is 0. The average Bonchev–Trinajstić information content (AvgIpc) is 3.22. The number of rotatable bonds is 5. The second kappa shape index (κ2) is 8.61. The largest absolute Gasteiger partial charge is 0.370 e. The molecule has 10 nitrogen and oxygen atoms in total. The van der Waals surface area contributed by atoms with Crippen LogP contribution in [0.5, 0.6) is 0 Å². The Kier molecular flexibility index (Phi) is 5.98. The fourth-order valence-electron chi connectivity index (χ4n) is 3.08. The highest BCUT2D eigenvalue weighted by Gasteiger charge is 2.21. The van der Waals surface area contributed by atoms with E-state index >= 15 is 0 Å². The number of nitrogens with zero attached hydrogens (tertiary/aromatic N) is 3. The molecule has 0 bridgehead atoms. The maximum absolute atomic E-state index is 12.4. The monoisotopic (exact) mass is 415 g/mol. The molecule has 2 N–H and O–H groups in total. The lowest BCUT2D eigenvalue weighted by atomic mass is 10.1. The molecule has 150 valence electrons. The molecular formula is C18H17N5O5S. The van der Waals surface area contributed by atoms with Crippen LogP contribution in [0.25, 0.3) is 0 Å². The second-order valence-electron chi connectivity index (χ2n) is 6.37. The van der Waals surface area contributed by atoms with Crippen molar-refractivity contribution in [2.24, 2.45) is 0 Å². The third-order valence-corrected chi connectivity index (χ3v) is 4.62. The lowest BCUT2D eigenvalue weighted by molar-refractivity contribution is -0.394. The van der Waals surface area contributed by atoms with E-state index in [9.17, 15) is 25.0 Å². The number of hydrogen-bond acceptors (Lipinski definition) is 7. The minimum absolute atomic E-state index is 0.0178. The number of benzene rings is 2. The number of carbonyl (C=O) groups excluding carboxylic acids is 1. The Bertz CT molecular complexity index is 958. The standard InChI is InChI=1S/C18H17N5O5S/c24-17(12-9-13(22(25)26)11-14(10-12)23(27)28)20-18(29)19-15-5-1-2-6-16(15)21-7-3-4-8-21/h1-2,5-6,9-11H,3-4,7-8H2,(H2,19,20,24,29). The summed E-state index contributed by atoms with van der Waals surface area (Å²) in [6.07, 6.45) is 2.20. The van der Waals surface area contributed by atoms with Gasteiger partial charge in [0.15, 0.2) is 5.11 Å². The van der Waals surface area contributed by atoms with Crippen LogP contribution >= 0.6 is 12.2 Å². The van der Waals surface area contributed by atoms with E-state index < -0.39 is 27.1 Å². The molecule has 0 aliphatic carbocycles. The Labute approximate surface area is 170 Å². The van der Waals surface area contributed by atoms with Crippen molar-refractivity contribution in [1.82, 2.24) is 5.32 Å². The van der Waals surface area contributed by atoms with Crippen molar-refractivity contribution in [2.75, 3.05) is 23.3 Å². The molecular weight excluding hydrogens is 398 g/mol. The molecule has 1 aliphatic heterocycles. The first-order valence-corrected chi connectivity index (χ1v) is 9.16. The van der Waals surface area contributed by atoms with Crippen LogP contribution in [-0.2, 0) is 0 Å². The Hall–Kier alpha value is -3.60. The number of nitro benzene ring substituents is 2. The molecule has 0 aromatic heterocycles. The Morgan fingerprint density at radius 1 is 1.00 bits per heavy atom. The molecule has 11 heteroatoms. The van der Waals surface area contributed by atoms with E-state index in [1.807, 2.05) is 24.3 Å². The van der Waals surface area contributed by atoms with Gasteiger partial charge in [-0.15, -0.1) is 0 Å². The summed E-state index contributed by atoms with van der Waals surface area (Å²) >= 11 is 5.19. The topological polar surface area (TPSA) is 131 Å². The first-order valence-electron chi connectivity index (χ1n) is 8.75. The highest BCUT2D eigenvalue weighted by Crippen LogP contribution is 2.28. The van der Waals surface area contributed by atoms with Crippen LogP contribution in [0, 0.1) is 20.2 Å². The summed E-state index contributed by atoms with van der Waals surface area (Å²) < 4.78 is 0. The quantitative estimate of drug-likeness (QED) is 0.432. The van der Waals surface area contributed by atoms with Crippen LogP contribution in [0.3, 0.4) is 0 Å². The maximum Gasteiger partial charge on any atom is 0.277 e. The van der Waals surface area contributed by atoms with Crippen LogP contribution in [0.2, 0.25) is 0 Å². The van der Waals surface area contributed by atoms with Gasteiger partial charge in [0.2, 0.25) is 0 Å². The molecule has 0 atom stereocenters. The van der Waals surface area contributed by atoms with Crippen molar-refractivity contribution >= 4 is 46.0 Å². The van der Waals surface area contributed by atoms with Crippen molar-refractivity contribution in [3.05, 3.63) is 68.3 Å². The van der Waals surface area contributed by atoms with Crippen molar-refractivity contribution < 1.29 is 14.6 Å². The number of non-ortho nitro benzene ring substituents is 2. The molecule has 0 unspecified atom stereocenters. The number of nitro groups is 2. The molecule has 2 aromatic rings. The Morgan fingerprint density at radius 2 is 1.59 bits per heavy atom. The van der Waals surface area contributed by atoms with Crippen molar-refractivity contribution in [3.63, 3.8) is 0 Å². The number of amides is 1. The van der Waals surface area contributed by atoms with Gasteiger partial charge in [-0.2, -0.15) is 0 Å². The van der Waals surface area contributed by atoms with E-state index in [1.165, 1.54) is 0 Å². The first-order chi connectivity index (χ1) is 13.8. The van der Waals surface area contributed by atoms with Gasteiger partial charge < -0.3 is 10.2 Å². The number of hydrogen-bond donors (Lipinski definition) is 2. The minimum atomic E-state index is -0.799. The van der Waals surface area contributed by atoms with Gasteiger partial charge in [-0.3, -0.25) is 30.3 Å². The predicted octanol–water partition coefficient (Wildman–Crippen LogP) is 3.23. The molecule has 1 amide bonds. The zero-order valence-corrected chi connectivity index (χ0v) is 16.0. The molecule has 3 rings (SSSR count). The van der Waals surface area contributed by atoms with Crippen LogP contribution in [0.4, 0.5) is 22.7 Å². The summed E-state index contributed by atoms with van der Waals surface area (Å²) in [5.74, 6) is -0.784. The highest BCUT2D eigenvalue weighted by atomic mass is 32.1. The van der Waals surface area contributed by atoms with Crippen molar-refractivity contribution in [3.8, 4) is 0 Å². The summed E-state index contributed by atoms with van der Waals surface area (Å²) in [6, 6.07) is 10.2. The zero-order chi connectivity index (χ0) is 21.0. The molecule has 1 fully saturated rings. The van der Waals surface area contributed by atoms with Gasteiger partial charge in [0, 0.05) is 25.2 Å². The Morgan fingerprint density at radius 3 is 2.17 bits per heavy atom. The molecule has 0 radical (unpaired) electrons. The van der Waals surface area contributed by atoms with Crippen LogP contribution in [0.15, 0.2) is 42.5 Å². The minimum Gasteiger partial charge on any atom is -0.370 e. The van der Waals surface area contributed by atoms with Gasteiger partial charge in [0.25, 0.3) is 17.3 Å². The van der Waals surface area contributed by atoms with Gasteiger partial charge >= 0.3 is 0 Å². The van der Waals surface area contributed by atoms with Crippen molar-refractivity contribution in [1.29, 1.82) is 0 Å². The highest BCUT2D eigenvalue weighted by molar-refractivity contribution is 7.80. The molecule has 0 saturated carbocycles. The second-order valence-corrected chi connectivity index (χ2v) is 6.78. The Balaban J connectivity index is 1.76. The number of thiocarbonyl (C=S) groups is 1. The van der Waals surface area contributed by atoms with Gasteiger partial charge in [0.1, 0.15) is 0 Å². The van der Waals surface area contributed by atoms with Gasteiger partial charge in [-0.25, -0.2) is 0 Å². The van der Waals surface area contributed by atoms with E-state index in [-0.39, 0.29) is 10.7 Å². The van der Waals surface area contributed by atoms with Crippen LogP contribution in [0.1, 0.15) is 23.2 Å². The third kappa shape index (κ3) is 4.82. The molecule has 29 heavy (non-hydrogen) atoms. The molecule has 0 spiro atoms. The van der Waals surface area contributed by atoms with E-state index in [4.69, 9.17) is 12.2 Å². The van der Waals surface area contributed by atoms with Gasteiger partial charge in [-0.1, -0.05) is 12.1 Å². The zero-order valence-electron chi connectivity index (χ0n) is 15.2. The number of nitrogens with one attached hydrogen (secondary N) is 2. The number of para-hydroxylation sites is 2. The summed E-state index contributed by atoms with van der Waals surface area (Å²) in [4.78, 5) is 35.0. The SMILES string of the molecule is O=C(NC(=S)Nc1ccccc1N1CCCC1)c1cc([N+](=O)[O-])cc([N+](=O)[O-])c1. The molecule has 1 heterocycles. The van der Waals surface area contributed by atoms with E-state index in [1.54, 1.807) is 0 Å². The number of anilines is 2. The lowest BCUT2D eigenvalue weighted by Gasteiger charge is -2.22. The van der Waals surface area contributed by atoms with E-state index in [0.29, 0.717) is 5.69 Å². The smallest absolute Gasteiger partial charge is 0.277 e. The van der Waals surface area contributed by atoms with Crippen molar-refractivity contribution in [2.45, 2.75) is 12.8 Å². The third-order valence-electron chi connectivity index (χ3n) is 4.41. The molecule has 1 aliphatic rings. The van der Waals surface area contributed by atoms with Crippen LogP contribution in [-0.4, -0.2) is 34.0 Å². The summed E-state index contributed by atoms with van der Waals surface area (Å²) in [6.45, 7) is 1.85. The molecule has 1 saturated heterocycles. The van der Waals surface area contributed by atoms with E-state index in [2.05, 4.69) is 15.5 Å². The summed E-state index contributed by atoms with van der Waals surface area (Å²) in [5, 5.41) is 27.3. The molecule has 2 aromatic carbocycles. The fourth-order valence-corrected chi connectivity index (χ4v) is 3.28.